The molecule has 4 heteroatoms. The lowest BCUT2D eigenvalue weighted by Crippen LogP contribution is -1.98. The maximum Gasteiger partial charge on any atom is 0.446 e. The fourth-order valence-corrected chi connectivity index (χ4v) is 1.38. The first-order valence-electron chi connectivity index (χ1n) is 3.77. The maximum absolute atomic E-state index is 11.9. The molecule has 0 aliphatic carbocycles. The summed E-state index contributed by atoms with van der Waals surface area (Å²) in [5.41, 5.74) is -3.28. The molecule has 0 heterocycles. The Kier molecular flexibility index (Phi) is 3.25. The van der Waals surface area contributed by atoms with Gasteiger partial charge in [0.25, 0.3) is 0 Å². The molecule has 0 atom stereocenters. The largest absolute Gasteiger partial charge is 0.446 e. The normalized spacial score (nSPS) is 11.7. The van der Waals surface area contributed by atoms with Crippen LogP contribution < -0.4 is 0 Å². The third-order valence-electron chi connectivity index (χ3n) is 1.46. The second-order valence-corrected chi connectivity index (χ2v) is 3.59. The minimum absolute atomic E-state index is 0.111. The lowest BCUT2D eigenvalue weighted by atomic mass is 10.2. The molecule has 0 spiro atoms. The van der Waals surface area contributed by atoms with Crippen molar-refractivity contribution in [3.63, 3.8) is 0 Å². The number of aryl methyl sites for hydroxylation is 1. The third kappa shape index (κ3) is 3.72. The Bertz CT molecular complexity index is 263. The van der Waals surface area contributed by atoms with Crippen molar-refractivity contribution in [2.24, 2.45) is 0 Å². The van der Waals surface area contributed by atoms with E-state index in [0.717, 1.165) is 12.0 Å². The van der Waals surface area contributed by atoms with E-state index in [9.17, 15) is 13.2 Å². The molecule has 0 N–H and O–H groups in total. The topological polar surface area (TPSA) is 0 Å². The predicted octanol–water partition coefficient (Wildman–Crippen LogP) is 3.66. The van der Waals surface area contributed by atoms with Crippen molar-refractivity contribution in [1.82, 2.24) is 0 Å². The molecule has 0 aliphatic rings. The van der Waals surface area contributed by atoms with Crippen molar-refractivity contribution in [3.05, 3.63) is 29.8 Å². The Balaban J connectivity index is 2.70. The number of rotatable bonds is 2. The monoisotopic (exact) mass is 205 g/mol. The number of thioether (sulfide) groups is 1. The standard InChI is InChI=1S/C9H8F3S/c1-2-7-3-5-8(6-4-7)13-9(10,11)12/h3,5-6H,2H2,1H3. The molecule has 1 radical (unpaired) electrons. The van der Waals surface area contributed by atoms with Gasteiger partial charge in [-0.2, -0.15) is 13.2 Å². The van der Waals surface area contributed by atoms with Crippen molar-refractivity contribution in [3.8, 4) is 0 Å². The Morgan fingerprint density at radius 1 is 1.38 bits per heavy atom. The van der Waals surface area contributed by atoms with Crippen LogP contribution in [0.4, 0.5) is 13.2 Å². The number of benzene rings is 1. The van der Waals surface area contributed by atoms with E-state index in [4.69, 9.17) is 0 Å². The highest BCUT2D eigenvalue weighted by atomic mass is 32.2. The van der Waals surface area contributed by atoms with E-state index in [1.165, 1.54) is 12.1 Å². The fourth-order valence-electron chi connectivity index (χ4n) is 0.860. The van der Waals surface area contributed by atoms with E-state index in [1.807, 2.05) is 6.92 Å². The van der Waals surface area contributed by atoms with Gasteiger partial charge in [-0.15, -0.1) is 0 Å². The Morgan fingerprint density at radius 2 is 2.08 bits per heavy atom. The SMILES string of the molecule is CCc1[c]cc(SC(F)(F)F)cc1. The van der Waals surface area contributed by atoms with E-state index in [0.29, 0.717) is 0 Å². The van der Waals surface area contributed by atoms with Crippen LogP contribution in [0.1, 0.15) is 12.5 Å². The van der Waals surface area contributed by atoms with E-state index in [-0.39, 0.29) is 16.7 Å². The predicted molar refractivity (Wildman–Crippen MR) is 46.6 cm³/mol. The molecule has 1 aromatic rings. The molecule has 0 amide bonds. The van der Waals surface area contributed by atoms with Gasteiger partial charge in [-0.05, 0) is 41.9 Å². The van der Waals surface area contributed by atoms with Gasteiger partial charge in [0, 0.05) is 4.90 Å². The van der Waals surface area contributed by atoms with Gasteiger partial charge in [0.05, 0.1) is 0 Å². The molecule has 1 aromatic carbocycles. The summed E-state index contributed by atoms with van der Waals surface area (Å²) >= 11 is -0.111. The van der Waals surface area contributed by atoms with E-state index >= 15 is 0 Å². The average Bonchev–Trinajstić information content (AvgIpc) is 2.03. The number of hydrogen-bond donors (Lipinski definition) is 0. The summed E-state index contributed by atoms with van der Waals surface area (Å²) in [6, 6.07) is 7.29. The summed E-state index contributed by atoms with van der Waals surface area (Å²) in [5, 5.41) is 0. The minimum Gasteiger partial charge on any atom is -0.160 e. The summed E-state index contributed by atoms with van der Waals surface area (Å²) in [6.45, 7) is 1.93. The lowest BCUT2D eigenvalue weighted by molar-refractivity contribution is -0.0328. The van der Waals surface area contributed by atoms with E-state index in [1.54, 1.807) is 6.07 Å². The van der Waals surface area contributed by atoms with Crippen LogP contribution in [-0.4, -0.2) is 5.51 Å². The van der Waals surface area contributed by atoms with Gasteiger partial charge < -0.3 is 0 Å². The Morgan fingerprint density at radius 3 is 2.46 bits per heavy atom. The third-order valence-corrected chi connectivity index (χ3v) is 2.18. The average molecular weight is 205 g/mol. The van der Waals surface area contributed by atoms with E-state index < -0.39 is 5.51 Å². The van der Waals surface area contributed by atoms with Crippen molar-refractivity contribution in [2.75, 3.05) is 0 Å². The molecule has 13 heavy (non-hydrogen) atoms. The van der Waals surface area contributed by atoms with Gasteiger partial charge in [0.1, 0.15) is 0 Å². The first kappa shape index (κ1) is 10.4. The molecule has 0 nitrogen and oxygen atoms in total. The first-order valence-corrected chi connectivity index (χ1v) is 4.59. The van der Waals surface area contributed by atoms with Crippen LogP contribution in [0.2, 0.25) is 0 Å². The number of alkyl halides is 3. The van der Waals surface area contributed by atoms with Crippen molar-refractivity contribution < 1.29 is 13.2 Å². The summed E-state index contributed by atoms with van der Waals surface area (Å²) in [5.74, 6) is 0. The maximum atomic E-state index is 11.9. The molecule has 0 unspecified atom stereocenters. The highest BCUT2D eigenvalue weighted by Crippen LogP contribution is 2.36. The van der Waals surface area contributed by atoms with Crippen LogP contribution in [0, 0.1) is 6.07 Å². The highest BCUT2D eigenvalue weighted by molar-refractivity contribution is 8.00. The van der Waals surface area contributed by atoms with Crippen LogP contribution in [0.15, 0.2) is 23.1 Å². The van der Waals surface area contributed by atoms with Gasteiger partial charge in [-0.3, -0.25) is 0 Å². The zero-order valence-electron chi connectivity index (χ0n) is 6.98. The van der Waals surface area contributed by atoms with Crippen molar-refractivity contribution >= 4 is 11.8 Å². The van der Waals surface area contributed by atoms with Gasteiger partial charge >= 0.3 is 5.51 Å². The van der Waals surface area contributed by atoms with Crippen LogP contribution in [0.5, 0.6) is 0 Å². The Hall–Kier alpha value is -0.640. The molecule has 0 aromatic heterocycles. The quantitative estimate of drug-likeness (QED) is 0.664. The van der Waals surface area contributed by atoms with Gasteiger partial charge in [0.2, 0.25) is 0 Å². The van der Waals surface area contributed by atoms with Gasteiger partial charge in [0.15, 0.2) is 0 Å². The van der Waals surface area contributed by atoms with Crippen LogP contribution in [0.25, 0.3) is 0 Å². The molecular weight excluding hydrogens is 197 g/mol. The minimum atomic E-state index is -4.21. The fraction of sp³-hybridized carbons (Fsp3) is 0.333. The molecule has 0 saturated carbocycles. The molecule has 0 saturated heterocycles. The summed E-state index contributed by atoms with van der Waals surface area (Å²) in [7, 11) is 0. The smallest absolute Gasteiger partial charge is 0.160 e. The first-order chi connectivity index (χ1) is 6.01. The zero-order chi connectivity index (χ0) is 9.90. The van der Waals surface area contributed by atoms with Crippen LogP contribution in [-0.2, 0) is 6.42 Å². The van der Waals surface area contributed by atoms with Gasteiger partial charge in [-0.1, -0.05) is 13.0 Å². The molecule has 71 valence electrons. The molecule has 0 aliphatic heterocycles. The molecule has 0 bridgehead atoms. The second-order valence-electron chi connectivity index (χ2n) is 2.45. The number of hydrogen-bond acceptors (Lipinski definition) is 1. The highest BCUT2D eigenvalue weighted by Gasteiger charge is 2.28. The van der Waals surface area contributed by atoms with E-state index in [2.05, 4.69) is 6.07 Å². The lowest BCUT2D eigenvalue weighted by Gasteiger charge is -2.05. The zero-order valence-corrected chi connectivity index (χ0v) is 7.80. The molecular formula is C9H8F3S. The summed E-state index contributed by atoms with van der Waals surface area (Å²) in [4.78, 5) is 0.185. The molecule has 1 rings (SSSR count). The molecule has 0 fully saturated rings. The summed E-state index contributed by atoms with van der Waals surface area (Å²) in [6.07, 6.45) is 0.789. The Labute approximate surface area is 79.1 Å². The van der Waals surface area contributed by atoms with Crippen molar-refractivity contribution in [2.45, 2.75) is 23.7 Å². The van der Waals surface area contributed by atoms with Crippen LogP contribution in [0.3, 0.4) is 0 Å². The summed E-state index contributed by atoms with van der Waals surface area (Å²) < 4.78 is 35.6. The van der Waals surface area contributed by atoms with Crippen molar-refractivity contribution in [1.29, 1.82) is 0 Å². The van der Waals surface area contributed by atoms with Gasteiger partial charge in [-0.25, -0.2) is 0 Å². The second kappa shape index (κ2) is 4.05. The van der Waals surface area contributed by atoms with Crippen LogP contribution >= 0.6 is 11.8 Å². The number of halogens is 3.